The monoisotopic (exact) mass is 241 g/mol. The predicted molar refractivity (Wildman–Crippen MR) is 60.3 cm³/mol. The van der Waals surface area contributed by atoms with Crippen LogP contribution in [0.5, 0.6) is 0 Å². The van der Waals surface area contributed by atoms with E-state index in [0.29, 0.717) is 5.92 Å². The number of hydrogen-bond acceptors (Lipinski definition) is 1. The molecule has 1 aromatic rings. The largest absolute Gasteiger partial charge is 0.264 e. The number of hydrogen-bond donors (Lipinski definition) is 0. The Balaban J connectivity index is 2.67. The molecule has 0 amide bonds. The van der Waals surface area contributed by atoms with Gasteiger partial charge in [-0.2, -0.15) is 0 Å². The predicted octanol–water partition coefficient (Wildman–Crippen LogP) is 3.22. The number of halogens is 1. The van der Waals surface area contributed by atoms with E-state index in [0.717, 1.165) is 18.2 Å². The molecule has 1 heterocycles. The molecule has 1 aromatic heterocycles. The van der Waals surface area contributed by atoms with E-state index in [4.69, 9.17) is 0 Å². The Kier molecular flexibility index (Phi) is 4.43. The minimum Gasteiger partial charge on any atom is -0.264 e. The minimum atomic E-state index is 0.709. The van der Waals surface area contributed by atoms with Gasteiger partial charge in [-0.25, -0.2) is 0 Å². The maximum Gasteiger partial charge on any atom is 0.0300 e. The van der Waals surface area contributed by atoms with Crippen molar-refractivity contribution < 1.29 is 0 Å². The van der Waals surface area contributed by atoms with Gasteiger partial charge in [0.25, 0.3) is 0 Å². The molecule has 1 nitrogen and oxygen atoms in total. The molecule has 0 saturated heterocycles. The lowest BCUT2D eigenvalue weighted by atomic mass is 10.0. The molecule has 0 fully saturated rings. The van der Waals surface area contributed by atoms with Crippen molar-refractivity contribution in [1.82, 2.24) is 4.98 Å². The summed E-state index contributed by atoms with van der Waals surface area (Å²) < 4.78 is 0. The van der Waals surface area contributed by atoms with Crippen LogP contribution in [0.1, 0.15) is 25.0 Å². The van der Waals surface area contributed by atoms with Crippen LogP contribution in [0.3, 0.4) is 0 Å². The zero-order chi connectivity index (χ0) is 9.68. The van der Waals surface area contributed by atoms with Gasteiger partial charge >= 0.3 is 0 Å². The van der Waals surface area contributed by atoms with Crippen molar-refractivity contribution in [2.75, 3.05) is 5.33 Å². The van der Waals surface area contributed by atoms with E-state index in [-0.39, 0.29) is 0 Å². The summed E-state index contributed by atoms with van der Waals surface area (Å²) in [5, 5.41) is 1.01. The number of alkyl halides is 1. The summed E-state index contributed by atoms with van der Waals surface area (Å²) >= 11 is 3.43. The van der Waals surface area contributed by atoms with Crippen molar-refractivity contribution in [2.24, 2.45) is 5.92 Å². The summed E-state index contributed by atoms with van der Waals surface area (Å²) in [4.78, 5) is 4.24. The average Bonchev–Trinajstić information content (AvgIpc) is 2.04. The van der Waals surface area contributed by atoms with Gasteiger partial charge in [0, 0.05) is 17.7 Å². The van der Waals surface area contributed by atoms with E-state index in [2.05, 4.69) is 40.8 Å². The summed E-state index contributed by atoms with van der Waals surface area (Å²) in [5.41, 5.74) is 2.68. The molecule has 0 aliphatic heterocycles. The highest BCUT2D eigenvalue weighted by molar-refractivity contribution is 9.09. The molecule has 0 bridgehead atoms. The number of aromatic nitrogens is 1. The first-order valence-corrected chi connectivity index (χ1v) is 5.83. The first kappa shape index (κ1) is 10.7. The highest BCUT2D eigenvalue weighted by atomic mass is 79.9. The highest BCUT2D eigenvalue weighted by Crippen LogP contribution is 2.09. The van der Waals surface area contributed by atoms with E-state index in [1.165, 1.54) is 11.1 Å². The van der Waals surface area contributed by atoms with Crippen LogP contribution in [-0.2, 0) is 12.8 Å². The van der Waals surface area contributed by atoms with Crippen LogP contribution in [-0.4, -0.2) is 10.3 Å². The normalized spacial score (nSPS) is 10.8. The van der Waals surface area contributed by atoms with Gasteiger partial charge in [-0.3, -0.25) is 4.98 Å². The second-order valence-corrected chi connectivity index (χ2v) is 4.53. The fraction of sp³-hybridized carbons (Fsp3) is 0.545. The SMILES string of the molecule is CC(C)Cc1cncc(CCBr)c1. The van der Waals surface area contributed by atoms with Crippen LogP contribution in [0.25, 0.3) is 0 Å². The average molecular weight is 242 g/mol. The van der Waals surface area contributed by atoms with E-state index in [9.17, 15) is 0 Å². The molecular formula is C11H16BrN. The number of nitrogens with zero attached hydrogens (tertiary/aromatic N) is 1. The lowest BCUT2D eigenvalue weighted by Gasteiger charge is -2.05. The third kappa shape index (κ3) is 3.90. The molecule has 72 valence electrons. The second kappa shape index (κ2) is 5.38. The Labute approximate surface area is 88.7 Å². The minimum absolute atomic E-state index is 0.709. The van der Waals surface area contributed by atoms with Crippen molar-refractivity contribution >= 4 is 15.9 Å². The molecule has 0 atom stereocenters. The number of aryl methyl sites for hydroxylation is 1. The Morgan fingerprint density at radius 1 is 1.31 bits per heavy atom. The van der Waals surface area contributed by atoms with Gasteiger partial charge in [-0.15, -0.1) is 0 Å². The molecular weight excluding hydrogens is 226 g/mol. The first-order chi connectivity index (χ1) is 6.22. The zero-order valence-electron chi connectivity index (χ0n) is 8.26. The second-order valence-electron chi connectivity index (χ2n) is 3.74. The van der Waals surface area contributed by atoms with E-state index in [1.54, 1.807) is 0 Å². The van der Waals surface area contributed by atoms with Crippen molar-refractivity contribution in [3.63, 3.8) is 0 Å². The summed E-state index contributed by atoms with van der Waals surface area (Å²) in [7, 11) is 0. The third-order valence-corrected chi connectivity index (χ3v) is 2.28. The van der Waals surface area contributed by atoms with E-state index < -0.39 is 0 Å². The van der Waals surface area contributed by atoms with Gasteiger partial charge in [0.2, 0.25) is 0 Å². The molecule has 0 N–H and O–H groups in total. The maximum atomic E-state index is 4.24. The van der Waals surface area contributed by atoms with Gasteiger partial charge in [0.1, 0.15) is 0 Å². The Morgan fingerprint density at radius 3 is 2.62 bits per heavy atom. The van der Waals surface area contributed by atoms with Crippen LogP contribution in [0.15, 0.2) is 18.5 Å². The maximum absolute atomic E-state index is 4.24. The molecule has 0 spiro atoms. The lowest BCUT2D eigenvalue weighted by Crippen LogP contribution is -1.97. The van der Waals surface area contributed by atoms with Crippen molar-refractivity contribution in [2.45, 2.75) is 26.7 Å². The highest BCUT2D eigenvalue weighted by Gasteiger charge is 1.99. The summed E-state index contributed by atoms with van der Waals surface area (Å²) in [6.45, 7) is 4.47. The van der Waals surface area contributed by atoms with Gasteiger partial charge in [-0.05, 0) is 29.9 Å². The summed E-state index contributed by atoms with van der Waals surface area (Å²) in [5.74, 6) is 0.709. The Bertz CT molecular complexity index is 258. The van der Waals surface area contributed by atoms with E-state index in [1.807, 2.05) is 12.4 Å². The fourth-order valence-electron chi connectivity index (χ4n) is 1.37. The molecule has 0 unspecified atom stereocenters. The molecule has 2 heteroatoms. The third-order valence-electron chi connectivity index (χ3n) is 1.88. The first-order valence-electron chi connectivity index (χ1n) is 4.71. The summed E-state index contributed by atoms with van der Waals surface area (Å²) in [6.07, 6.45) is 6.12. The van der Waals surface area contributed by atoms with Crippen LogP contribution in [0.4, 0.5) is 0 Å². The van der Waals surface area contributed by atoms with Gasteiger partial charge in [-0.1, -0.05) is 35.8 Å². The van der Waals surface area contributed by atoms with Crippen molar-refractivity contribution in [3.8, 4) is 0 Å². The smallest absolute Gasteiger partial charge is 0.0300 e. The number of rotatable bonds is 4. The molecule has 0 aliphatic carbocycles. The molecule has 0 radical (unpaired) electrons. The van der Waals surface area contributed by atoms with Crippen molar-refractivity contribution in [3.05, 3.63) is 29.6 Å². The van der Waals surface area contributed by atoms with Gasteiger partial charge in [0.15, 0.2) is 0 Å². The van der Waals surface area contributed by atoms with Crippen LogP contribution in [0.2, 0.25) is 0 Å². The number of pyridine rings is 1. The molecule has 1 rings (SSSR count). The standard InChI is InChI=1S/C11H16BrN/c1-9(2)5-11-6-10(3-4-12)7-13-8-11/h6-9H,3-5H2,1-2H3. The Hall–Kier alpha value is -0.370. The fourth-order valence-corrected chi connectivity index (χ4v) is 1.83. The molecule has 13 heavy (non-hydrogen) atoms. The van der Waals surface area contributed by atoms with Crippen LogP contribution >= 0.6 is 15.9 Å². The topological polar surface area (TPSA) is 12.9 Å². The van der Waals surface area contributed by atoms with Crippen molar-refractivity contribution in [1.29, 1.82) is 0 Å². The van der Waals surface area contributed by atoms with Crippen LogP contribution in [0, 0.1) is 5.92 Å². The van der Waals surface area contributed by atoms with Gasteiger partial charge in [0.05, 0.1) is 0 Å². The van der Waals surface area contributed by atoms with E-state index >= 15 is 0 Å². The molecule has 0 aliphatic rings. The van der Waals surface area contributed by atoms with Crippen LogP contribution < -0.4 is 0 Å². The van der Waals surface area contributed by atoms with Gasteiger partial charge < -0.3 is 0 Å². The molecule has 0 aromatic carbocycles. The zero-order valence-corrected chi connectivity index (χ0v) is 9.84. The quantitative estimate of drug-likeness (QED) is 0.739. The lowest BCUT2D eigenvalue weighted by molar-refractivity contribution is 0.645. The molecule has 0 saturated carbocycles. The summed E-state index contributed by atoms with van der Waals surface area (Å²) in [6, 6.07) is 2.26. The Morgan fingerprint density at radius 2 is 2.00 bits per heavy atom.